The first-order valence-electron chi connectivity index (χ1n) is 10.6. The molecule has 176 valence electrons. The quantitative estimate of drug-likeness (QED) is 0.147. The monoisotopic (exact) mass is 500 g/mol. The number of ether oxygens (including phenoxy) is 2. The standard InChI is InChI=1S/C22H29O7PS2/c1-4-11-31-32-12-10-25-20-9-8-18-13-17(6-7-19(18)14-20)16(3)22(23)28-21-15-27-30(24,29-21)26-5-2/h6-9,13-14,16,21H,4-5,10-12,15H2,1-3H3. The molecule has 0 aliphatic carbocycles. The highest BCUT2D eigenvalue weighted by atomic mass is 33.1. The Hall–Kier alpha value is -1.22. The highest BCUT2D eigenvalue weighted by Crippen LogP contribution is 2.55. The zero-order valence-electron chi connectivity index (χ0n) is 18.5. The normalized spacial score (nSPS) is 21.5. The number of phosphoric acid groups is 1. The lowest BCUT2D eigenvalue weighted by Crippen LogP contribution is -2.23. The third-order valence-electron chi connectivity index (χ3n) is 4.65. The van der Waals surface area contributed by atoms with Gasteiger partial charge in [0.2, 0.25) is 6.29 Å². The molecule has 10 heteroatoms. The van der Waals surface area contributed by atoms with Crippen LogP contribution in [0.15, 0.2) is 36.4 Å². The van der Waals surface area contributed by atoms with Crippen LogP contribution in [0.2, 0.25) is 0 Å². The van der Waals surface area contributed by atoms with Crippen LogP contribution >= 0.6 is 29.4 Å². The van der Waals surface area contributed by atoms with Crippen LogP contribution in [-0.2, 0) is 27.7 Å². The Kier molecular flexibility index (Phi) is 9.77. The number of esters is 1. The van der Waals surface area contributed by atoms with Crippen LogP contribution in [0.1, 0.15) is 38.7 Å². The summed E-state index contributed by atoms with van der Waals surface area (Å²) in [5.74, 6) is 1.92. The fourth-order valence-electron chi connectivity index (χ4n) is 3.00. The van der Waals surface area contributed by atoms with Crippen LogP contribution < -0.4 is 4.74 Å². The molecular formula is C22H29O7PS2. The van der Waals surface area contributed by atoms with Crippen LogP contribution in [0.5, 0.6) is 5.75 Å². The van der Waals surface area contributed by atoms with Gasteiger partial charge < -0.3 is 9.47 Å². The van der Waals surface area contributed by atoms with Gasteiger partial charge in [-0.2, -0.15) is 0 Å². The second-order valence-corrected chi connectivity index (χ2v) is 11.4. The first kappa shape index (κ1) is 25.4. The Morgan fingerprint density at radius 3 is 2.69 bits per heavy atom. The van der Waals surface area contributed by atoms with Gasteiger partial charge in [0.1, 0.15) is 12.4 Å². The number of carbonyl (C=O) groups is 1. The van der Waals surface area contributed by atoms with Crippen molar-refractivity contribution in [3.63, 3.8) is 0 Å². The molecule has 0 spiro atoms. The van der Waals surface area contributed by atoms with Crippen LogP contribution in [0, 0.1) is 0 Å². The second kappa shape index (κ2) is 12.3. The van der Waals surface area contributed by atoms with E-state index < -0.39 is 26.0 Å². The number of rotatable bonds is 12. The first-order valence-corrected chi connectivity index (χ1v) is 14.6. The predicted octanol–water partition coefficient (Wildman–Crippen LogP) is 6.17. The average Bonchev–Trinajstić information content (AvgIpc) is 3.15. The Labute approximate surface area is 196 Å². The van der Waals surface area contributed by atoms with Crippen LogP contribution in [0.25, 0.3) is 10.8 Å². The molecule has 3 rings (SSSR count). The molecule has 1 aliphatic rings. The van der Waals surface area contributed by atoms with Crippen molar-refractivity contribution in [3.8, 4) is 5.75 Å². The van der Waals surface area contributed by atoms with Crippen molar-refractivity contribution in [2.24, 2.45) is 0 Å². The second-order valence-electron chi connectivity index (χ2n) is 7.12. The predicted molar refractivity (Wildman–Crippen MR) is 129 cm³/mol. The van der Waals surface area contributed by atoms with Crippen molar-refractivity contribution >= 4 is 46.2 Å². The fourth-order valence-corrected chi connectivity index (χ4v) is 6.18. The minimum atomic E-state index is -3.63. The van der Waals surface area contributed by atoms with Crippen molar-refractivity contribution in [2.75, 3.05) is 31.3 Å². The fraction of sp³-hybridized carbons (Fsp3) is 0.500. The molecule has 0 aromatic heterocycles. The van der Waals surface area contributed by atoms with Crippen molar-refractivity contribution in [3.05, 3.63) is 42.0 Å². The lowest BCUT2D eigenvalue weighted by molar-refractivity contribution is -0.163. The van der Waals surface area contributed by atoms with E-state index in [9.17, 15) is 9.36 Å². The smallest absolute Gasteiger partial charge is 0.478 e. The summed E-state index contributed by atoms with van der Waals surface area (Å²) in [6, 6.07) is 11.7. The Morgan fingerprint density at radius 2 is 1.91 bits per heavy atom. The maximum Gasteiger partial charge on any atom is 0.478 e. The van der Waals surface area contributed by atoms with E-state index in [0.717, 1.165) is 33.6 Å². The molecule has 0 N–H and O–H groups in total. The molecule has 7 nitrogen and oxygen atoms in total. The summed E-state index contributed by atoms with van der Waals surface area (Å²) in [5, 5.41) is 2.04. The Bertz CT molecular complexity index is 955. The van der Waals surface area contributed by atoms with Crippen LogP contribution in [0.3, 0.4) is 0 Å². The third kappa shape index (κ3) is 7.14. The summed E-state index contributed by atoms with van der Waals surface area (Å²) in [4.78, 5) is 12.6. The molecule has 1 heterocycles. The molecule has 32 heavy (non-hydrogen) atoms. The molecule has 3 unspecified atom stereocenters. The van der Waals surface area contributed by atoms with E-state index in [1.807, 2.05) is 58.0 Å². The minimum Gasteiger partial charge on any atom is -0.493 e. The van der Waals surface area contributed by atoms with E-state index in [4.69, 9.17) is 23.0 Å². The number of hydrogen-bond donors (Lipinski definition) is 0. The SMILES string of the molecule is CCCSSCCOc1ccc2cc(C(C)C(=O)OC3COP(=O)(OCC)O3)ccc2c1. The molecule has 0 saturated carbocycles. The van der Waals surface area contributed by atoms with E-state index in [-0.39, 0.29) is 13.2 Å². The number of carbonyl (C=O) groups excluding carboxylic acids is 1. The van der Waals surface area contributed by atoms with Gasteiger partial charge in [-0.05, 0) is 48.7 Å². The van der Waals surface area contributed by atoms with Crippen LogP contribution in [0.4, 0.5) is 0 Å². The number of hydrogen-bond acceptors (Lipinski definition) is 9. The molecule has 0 amide bonds. The van der Waals surface area contributed by atoms with Gasteiger partial charge >= 0.3 is 13.8 Å². The van der Waals surface area contributed by atoms with E-state index in [2.05, 4.69) is 6.92 Å². The summed E-state index contributed by atoms with van der Waals surface area (Å²) in [6.07, 6.45) is 0.140. The van der Waals surface area contributed by atoms with E-state index >= 15 is 0 Å². The zero-order chi connectivity index (χ0) is 23.0. The molecule has 0 radical (unpaired) electrons. The van der Waals surface area contributed by atoms with Gasteiger partial charge in [0, 0.05) is 11.5 Å². The minimum absolute atomic E-state index is 0.119. The van der Waals surface area contributed by atoms with Crippen LogP contribution in [-0.4, -0.2) is 43.6 Å². The van der Waals surface area contributed by atoms with Gasteiger partial charge in [0.15, 0.2) is 0 Å². The molecule has 1 saturated heterocycles. The topological polar surface area (TPSA) is 80.3 Å². The van der Waals surface area contributed by atoms with E-state index in [1.54, 1.807) is 13.8 Å². The van der Waals surface area contributed by atoms with Crippen molar-refractivity contribution < 1.29 is 32.4 Å². The molecule has 0 bridgehead atoms. The lowest BCUT2D eigenvalue weighted by atomic mass is 9.98. The van der Waals surface area contributed by atoms with Gasteiger partial charge in [0.25, 0.3) is 0 Å². The van der Waals surface area contributed by atoms with Gasteiger partial charge in [-0.1, -0.05) is 52.8 Å². The van der Waals surface area contributed by atoms with Crippen molar-refractivity contribution in [1.82, 2.24) is 0 Å². The molecular weight excluding hydrogens is 471 g/mol. The third-order valence-corrected chi connectivity index (χ3v) is 8.75. The summed E-state index contributed by atoms with van der Waals surface area (Å²) in [6.45, 7) is 6.33. The van der Waals surface area contributed by atoms with E-state index in [0.29, 0.717) is 6.61 Å². The number of benzene rings is 2. The number of fused-ring (bicyclic) bond motifs is 1. The van der Waals surface area contributed by atoms with Gasteiger partial charge in [-0.25, -0.2) is 9.09 Å². The van der Waals surface area contributed by atoms with Crippen molar-refractivity contribution in [1.29, 1.82) is 0 Å². The summed E-state index contributed by atoms with van der Waals surface area (Å²) in [7, 11) is 0.0744. The highest BCUT2D eigenvalue weighted by Gasteiger charge is 2.41. The molecule has 2 aromatic carbocycles. The first-order chi connectivity index (χ1) is 15.4. The van der Waals surface area contributed by atoms with Crippen molar-refractivity contribution in [2.45, 2.75) is 39.4 Å². The maximum absolute atomic E-state index is 12.6. The molecule has 2 aromatic rings. The lowest BCUT2D eigenvalue weighted by Gasteiger charge is -2.16. The van der Waals surface area contributed by atoms with Gasteiger partial charge in [0.05, 0.1) is 19.1 Å². The highest BCUT2D eigenvalue weighted by molar-refractivity contribution is 8.76. The Morgan fingerprint density at radius 1 is 1.16 bits per heavy atom. The number of phosphoric ester groups is 1. The molecule has 1 aliphatic heterocycles. The summed E-state index contributed by atoms with van der Waals surface area (Å²) >= 11 is 0. The zero-order valence-corrected chi connectivity index (χ0v) is 21.0. The maximum atomic E-state index is 12.6. The Balaban J connectivity index is 1.55. The summed E-state index contributed by atoms with van der Waals surface area (Å²) in [5.41, 5.74) is 0.812. The van der Waals surface area contributed by atoms with Gasteiger partial charge in [-0.3, -0.25) is 13.8 Å². The van der Waals surface area contributed by atoms with Gasteiger partial charge in [-0.15, -0.1) is 0 Å². The summed E-state index contributed by atoms with van der Waals surface area (Å²) < 4.78 is 38.4. The average molecular weight is 501 g/mol. The largest absolute Gasteiger partial charge is 0.493 e. The van der Waals surface area contributed by atoms with E-state index in [1.165, 1.54) is 6.42 Å². The molecule has 3 atom stereocenters. The molecule has 1 fully saturated rings.